The Morgan fingerprint density at radius 2 is 1.42 bits per heavy atom. The third-order valence-corrected chi connectivity index (χ3v) is 8.03. The number of imidazole rings is 2. The minimum atomic E-state index is -6.07. The second-order valence-corrected chi connectivity index (χ2v) is 11.1. The number of nitrogens with one attached hydrogen (secondary N) is 3. The molecule has 0 aliphatic carbocycles. The smallest absolute Gasteiger partial charge is 0.394 e. The Bertz CT molecular complexity index is 1960. The Hall–Kier alpha value is -4.65. The van der Waals surface area contributed by atoms with E-state index in [0.29, 0.717) is 6.21 Å². The first-order chi connectivity index (χ1) is 22.5. The van der Waals surface area contributed by atoms with Crippen LogP contribution in [0.5, 0.6) is 0 Å². The Morgan fingerprint density at radius 3 is 1.92 bits per heavy atom. The Labute approximate surface area is 261 Å². The van der Waals surface area contributed by atoms with Crippen LogP contribution in [0.3, 0.4) is 0 Å². The molecule has 0 saturated carbocycles. The molecule has 0 bridgehead atoms. The first-order valence-electron chi connectivity index (χ1n) is 14.0. The lowest BCUT2D eigenvalue weighted by Crippen LogP contribution is -2.66. The minimum Gasteiger partial charge on any atom is -0.394 e. The van der Waals surface area contributed by atoms with Gasteiger partial charge in [0.2, 0.25) is 11.9 Å². The van der Waals surface area contributed by atoms with E-state index in [0.717, 1.165) is 17.2 Å². The Morgan fingerprint density at radius 1 is 0.917 bits per heavy atom. The number of anilines is 2. The third-order valence-electron chi connectivity index (χ3n) is 8.03. The number of hydrogen-bond donors (Lipinski definition) is 7. The van der Waals surface area contributed by atoms with Crippen molar-refractivity contribution in [2.24, 2.45) is 10.9 Å². The van der Waals surface area contributed by atoms with Crippen LogP contribution >= 0.6 is 0 Å². The van der Waals surface area contributed by atoms with Gasteiger partial charge < -0.3 is 31.2 Å². The molecule has 2 aliphatic rings. The average molecular weight is 693 g/mol. The molecule has 18 nitrogen and oxygen atoms in total. The number of aliphatic hydroxyl groups excluding tert-OH is 2. The summed E-state index contributed by atoms with van der Waals surface area (Å²) in [6.45, 7) is -2.00. The van der Waals surface area contributed by atoms with Gasteiger partial charge in [-0.05, 0) is 0 Å². The molecule has 0 spiro atoms. The molecule has 6 unspecified atom stereocenters. The molecule has 6 rings (SSSR count). The van der Waals surface area contributed by atoms with E-state index in [1.165, 1.54) is 9.88 Å². The summed E-state index contributed by atoms with van der Waals surface area (Å²) in [5.74, 6) is -1.87. The lowest BCUT2D eigenvalue weighted by atomic mass is 10.0. The summed E-state index contributed by atoms with van der Waals surface area (Å²) in [6, 6.07) is 0. The quantitative estimate of drug-likeness (QED) is 0.0904. The van der Waals surface area contributed by atoms with Crippen LogP contribution in [0.4, 0.5) is 38.2 Å². The highest BCUT2D eigenvalue weighted by atomic mass is 19.4. The van der Waals surface area contributed by atoms with Gasteiger partial charge in [0.1, 0.15) is 12.5 Å². The molecule has 4 aromatic heterocycles. The number of nitrogens with zero attached hydrogens (tertiary/aromatic N) is 7. The van der Waals surface area contributed by atoms with E-state index >= 15 is 0 Å². The molecule has 9 N–H and O–H groups in total. The molecule has 0 aromatic carbocycles. The molecule has 6 heterocycles. The molecule has 6 atom stereocenters. The lowest BCUT2D eigenvalue weighted by Gasteiger charge is -2.35. The Balaban J connectivity index is 1.24. The molecule has 0 amide bonds. The summed E-state index contributed by atoms with van der Waals surface area (Å²) in [7, 11) is 0. The number of aliphatic imine (C=N–C) groups is 1. The maximum absolute atomic E-state index is 14.4. The fourth-order valence-corrected chi connectivity index (χ4v) is 5.64. The van der Waals surface area contributed by atoms with Gasteiger partial charge in [0.25, 0.3) is 11.1 Å². The third kappa shape index (κ3) is 5.63. The fourth-order valence-electron chi connectivity index (χ4n) is 5.64. The first kappa shape index (κ1) is 33.3. The van der Waals surface area contributed by atoms with Gasteiger partial charge in [-0.3, -0.25) is 39.0 Å². The molecule has 260 valence electrons. The number of hydrogen-bond acceptors (Lipinski definition) is 14. The number of fused-ring (bicyclic) bond motifs is 2. The van der Waals surface area contributed by atoms with Gasteiger partial charge in [0.15, 0.2) is 22.3 Å². The zero-order valence-corrected chi connectivity index (χ0v) is 24.1. The van der Waals surface area contributed by atoms with Crippen LogP contribution in [-0.4, -0.2) is 105 Å². The number of aromatic nitrogens is 8. The van der Waals surface area contributed by atoms with Gasteiger partial charge in [-0.25, -0.2) is 9.97 Å². The van der Waals surface area contributed by atoms with Crippen LogP contribution in [0.15, 0.2) is 27.2 Å². The van der Waals surface area contributed by atoms with Gasteiger partial charge >= 0.3 is 18.0 Å². The van der Waals surface area contributed by atoms with Crippen molar-refractivity contribution in [1.29, 1.82) is 0 Å². The normalized spacial score (nSPS) is 25.7. The van der Waals surface area contributed by atoms with Crippen LogP contribution in [0.1, 0.15) is 25.3 Å². The highest BCUT2D eigenvalue weighted by Gasteiger charge is 2.71. The number of alkyl halides is 6. The van der Waals surface area contributed by atoms with Gasteiger partial charge in [-0.15, -0.1) is 0 Å². The van der Waals surface area contributed by atoms with Gasteiger partial charge in [0.05, 0.1) is 37.6 Å². The van der Waals surface area contributed by atoms with Crippen LogP contribution in [0.25, 0.3) is 22.3 Å². The zero-order valence-electron chi connectivity index (χ0n) is 24.1. The number of halogens is 6. The van der Waals surface area contributed by atoms with Gasteiger partial charge in [0, 0.05) is 31.5 Å². The lowest BCUT2D eigenvalue weighted by molar-refractivity contribution is -0.305. The number of nitrogen functional groups attached to an aromatic ring is 2. The van der Waals surface area contributed by atoms with Crippen LogP contribution < -0.4 is 27.9 Å². The summed E-state index contributed by atoms with van der Waals surface area (Å²) in [6.07, 6.45) is -16.9. The standard InChI is InChI=1S/C24H26F6N12O6/c25-23(26,27)22(24(28,29)30,36-4-10-9(44)2-13(47-10)42-7-34-15-17(42)38-21(32)40-19(15)46)35-3-8-1-12(48-11(8)5-43)41-6-33-14-16(41)37-20(31)39-18(14)45/h3,6-13,36,43-44H,1-2,4-5H2,(H3,31,37,39,45)(H3,32,38,40,46). The molecule has 2 saturated heterocycles. The second kappa shape index (κ2) is 11.8. The van der Waals surface area contributed by atoms with E-state index in [1.54, 1.807) is 0 Å². The molecular weight excluding hydrogens is 666 g/mol. The zero-order chi connectivity index (χ0) is 34.8. The van der Waals surface area contributed by atoms with E-state index in [1.807, 2.05) is 0 Å². The molecular formula is C24H26F6N12O6. The topological polar surface area (TPSA) is 262 Å². The Kier molecular flexibility index (Phi) is 8.17. The summed E-state index contributed by atoms with van der Waals surface area (Å²) >= 11 is 0. The minimum absolute atomic E-state index is 0.0692. The van der Waals surface area contributed by atoms with Crippen molar-refractivity contribution in [2.45, 2.75) is 61.6 Å². The van der Waals surface area contributed by atoms with Crippen molar-refractivity contribution in [3.8, 4) is 0 Å². The maximum Gasteiger partial charge on any atom is 0.436 e. The molecule has 0 radical (unpaired) electrons. The van der Waals surface area contributed by atoms with E-state index in [9.17, 15) is 46.1 Å². The van der Waals surface area contributed by atoms with Crippen molar-refractivity contribution in [1.82, 2.24) is 44.4 Å². The van der Waals surface area contributed by atoms with Gasteiger partial charge in [-0.1, -0.05) is 0 Å². The highest BCUT2D eigenvalue weighted by Crippen LogP contribution is 2.45. The van der Waals surface area contributed by atoms with Crippen LogP contribution in [0.2, 0.25) is 0 Å². The van der Waals surface area contributed by atoms with Crippen LogP contribution in [-0.2, 0) is 9.47 Å². The van der Waals surface area contributed by atoms with E-state index in [4.69, 9.17) is 20.9 Å². The number of rotatable bonds is 8. The molecule has 48 heavy (non-hydrogen) atoms. The van der Waals surface area contributed by atoms with E-state index in [2.05, 4.69) is 34.9 Å². The van der Waals surface area contributed by atoms with E-state index < -0.39 is 79.0 Å². The highest BCUT2D eigenvalue weighted by molar-refractivity contribution is 5.71. The number of aromatic amines is 2. The number of H-pyrrole nitrogens is 2. The van der Waals surface area contributed by atoms with Crippen molar-refractivity contribution in [3.63, 3.8) is 0 Å². The van der Waals surface area contributed by atoms with Crippen molar-refractivity contribution >= 4 is 40.4 Å². The average Bonchev–Trinajstić information content (AvgIpc) is 3.76. The monoisotopic (exact) mass is 692 g/mol. The summed E-state index contributed by atoms with van der Waals surface area (Å²) in [5, 5.41) is 21.8. The van der Waals surface area contributed by atoms with E-state index in [-0.39, 0.29) is 47.1 Å². The number of nitrogens with two attached hydrogens (primary N) is 2. The fraction of sp³-hybridized carbons (Fsp3) is 0.542. The molecule has 2 aliphatic heterocycles. The first-order valence-corrected chi connectivity index (χ1v) is 14.0. The number of aliphatic hydroxyl groups is 2. The predicted octanol–water partition coefficient (Wildman–Crippen LogP) is -0.557. The SMILES string of the molecule is Nc1nc2c(ncn2C2CC(O)C(CNC(N=CC3CC(n4cnc5c(=O)[nH]c(N)nc54)OC3CO)(C(F)(F)F)C(F)(F)F)O2)c(=O)[nH]1. The van der Waals surface area contributed by atoms with Gasteiger partial charge in [-0.2, -0.15) is 36.3 Å². The van der Waals surface area contributed by atoms with Crippen molar-refractivity contribution < 1.29 is 46.0 Å². The summed E-state index contributed by atoms with van der Waals surface area (Å²) < 4.78 is 99.9. The predicted molar refractivity (Wildman–Crippen MR) is 150 cm³/mol. The molecule has 24 heteroatoms. The van der Waals surface area contributed by atoms with Crippen LogP contribution in [0, 0.1) is 5.92 Å². The molecule has 2 fully saturated rings. The molecule has 4 aromatic rings. The summed E-state index contributed by atoms with van der Waals surface area (Å²) in [5.41, 5.74) is 4.38. The summed E-state index contributed by atoms with van der Waals surface area (Å²) in [4.78, 5) is 47.3. The maximum atomic E-state index is 14.4. The van der Waals surface area contributed by atoms with Crippen molar-refractivity contribution in [3.05, 3.63) is 33.4 Å². The van der Waals surface area contributed by atoms with Crippen molar-refractivity contribution in [2.75, 3.05) is 24.6 Å². The number of ether oxygens (including phenoxy) is 2. The largest absolute Gasteiger partial charge is 0.436 e. The second-order valence-electron chi connectivity index (χ2n) is 11.1.